The van der Waals surface area contributed by atoms with Gasteiger partial charge in [-0.1, -0.05) is 13.8 Å². The van der Waals surface area contributed by atoms with Crippen molar-refractivity contribution >= 4 is 51.0 Å². The molecule has 0 radical (unpaired) electrons. The molecule has 228 valence electrons. The number of piperidine rings is 1. The molecule has 2 aliphatic heterocycles. The number of imide groups is 1. The Labute approximate surface area is 252 Å². The van der Waals surface area contributed by atoms with Crippen LogP contribution in [0.1, 0.15) is 74.3 Å². The summed E-state index contributed by atoms with van der Waals surface area (Å²) in [5.41, 5.74) is -0.180. The van der Waals surface area contributed by atoms with E-state index in [1.165, 1.54) is 28.4 Å². The number of carbonyl (C=O) groups excluding carboxylic acids is 4. The largest absolute Gasteiger partial charge is 0.493 e. The van der Waals surface area contributed by atoms with Crippen LogP contribution >= 0.6 is 11.3 Å². The van der Waals surface area contributed by atoms with E-state index in [2.05, 4.69) is 16.0 Å². The molecule has 0 saturated carbocycles. The lowest BCUT2D eigenvalue weighted by molar-refractivity contribution is -0.136. The van der Waals surface area contributed by atoms with Crippen molar-refractivity contribution in [3.05, 3.63) is 46.2 Å². The molecule has 5 amide bonds. The number of nitrogens with zero attached hydrogens (tertiary/aromatic N) is 2. The van der Waals surface area contributed by atoms with Gasteiger partial charge >= 0.3 is 6.03 Å². The second-order valence-corrected chi connectivity index (χ2v) is 12.1. The van der Waals surface area contributed by atoms with Crippen molar-refractivity contribution in [3.63, 3.8) is 0 Å². The molecular weight excluding hydrogens is 577 g/mol. The van der Waals surface area contributed by atoms with Gasteiger partial charge in [0.2, 0.25) is 11.8 Å². The predicted molar refractivity (Wildman–Crippen MR) is 159 cm³/mol. The number of amides is 5. The number of halogens is 1. The zero-order valence-electron chi connectivity index (χ0n) is 24.5. The summed E-state index contributed by atoms with van der Waals surface area (Å²) in [6, 6.07) is 4.95. The predicted octanol–water partition coefficient (Wildman–Crippen LogP) is 4.83. The summed E-state index contributed by atoms with van der Waals surface area (Å²) >= 11 is 1.40. The van der Waals surface area contributed by atoms with Crippen molar-refractivity contribution in [2.45, 2.75) is 71.5 Å². The lowest BCUT2D eigenvalue weighted by Crippen LogP contribution is -2.52. The van der Waals surface area contributed by atoms with Gasteiger partial charge in [-0.05, 0) is 51.3 Å². The smallest absolute Gasteiger partial charge is 0.320 e. The van der Waals surface area contributed by atoms with Gasteiger partial charge in [-0.2, -0.15) is 0 Å². The summed E-state index contributed by atoms with van der Waals surface area (Å²) < 4.78 is 28.2. The van der Waals surface area contributed by atoms with Crippen LogP contribution in [0.3, 0.4) is 0 Å². The summed E-state index contributed by atoms with van der Waals surface area (Å²) in [6.07, 6.45) is 1.95. The number of carbonyl (C=O) groups is 4. The van der Waals surface area contributed by atoms with E-state index >= 15 is 4.39 Å². The number of rotatable bonds is 10. The molecule has 5 rings (SSSR count). The van der Waals surface area contributed by atoms with Crippen LogP contribution in [0.25, 0.3) is 10.2 Å². The second kappa shape index (κ2) is 12.2. The maximum atomic E-state index is 15.6. The summed E-state index contributed by atoms with van der Waals surface area (Å²) in [5, 5.41) is 8.25. The van der Waals surface area contributed by atoms with Gasteiger partial charge in [0.1, 0.15) is 28.1 Å². The minimum atomic E-state index is -0.939. The van der Waals surface area contributed by atoms with Gasteiger partial charge in [-0.3, -0.25) is 19.7 Å². The zero-order valence-corrected chi connectivity index (χ0v) is 25.3. The number of ether oxygens (including phenoxy) is 2. The van der Waals surface area contributed by atoms with Gasteiger partial charge < -0.3 is 25.0 Å². The third-order valence-corrected chi connectivity index (χ3v) is 8.55. The first kappa shape index (κ1) is 30.2. The maximum Gasteiger partial charge on any atom is 0.320 e. The van der Waals surface area contributed by atoms with Crippen molar-refractivity contribution in [1.82, 2.24) is 20.5 Å². The van der Waals surface area contributed by atoms with Crippen molar-refractivity contribution in [1.29, 1.82) is 0 Å². The van der Waals surface area contributed by atoms with Gasteiger partial charge in [-0.15, -0.1) is 11.3 Å². The Kier molecular flexibility index (Phi) is 8.54. The van der Waals surface area contributed by atoms with Crippen molar-refractivity contribution in [2.75, 3.05) is 18.5 Å². The van der Waals surface area contributed by atoms with E-state index in [1.807, 2.05) is 26.0 Å². The van der Waals surface area contributed by atoms with Crippen LogP contribution in [0.2, 0.25) is 0 Å². The van der Waals surface area contributed by atoms with Gasteiger partial charge in [0.05, 0.1) is 35.7 Å². The van der Waals surface area contributed by atoms with E-state index in [0.717, 1.165) is 17.5 Å². The number of hydrogen-bond acceptors (Lipinski definition) is 8. The fraction of sp³-hybridized carbons (Fsp3) is 0.433. The first-order valence-corrected chi connectivity index (χ1v) is 15.1. The summed E-state index contributed by atoms with van der Waals surface area (Å²) in [5.74, 6) is -0.955. The lowest BCUT2D eigenvalue weighted by atomic mass is 10.0. The van der Waals surface area contributed by atoms with Crippen LogP contribution in [-0.2, 0) is 21.7 Å². The van der Waals surface area contributed by atoms with E-state index in [4.69, 9.17) is 14.5 Å². The molecule has 0 bridgehead atoms. The first-order chi connectivity index (χ1) is 20.5. The summed E-state index contributed by atoms with van der Waals surface area (Å²) in [6.45, 7) is 8.57. The van der Waals surface area contributed by atoms with Gasteiger partial charge in [0.25, 0.3) is 5.91 Å². The molecule has 3 aromatic rings. The van der Waals surface area contributed by atoms with E-state index in [9.17, 15) is 19.2 Å². The number of fused-ring (bicyclic) bond motifs is 2. The van der Waals surface area contributed by atoms with Crippen LogP contribution in [0.15, 0.2) is 24.3 Å². The topological polar surface area (TPSA) is 139 Å². The van der Waals surface area contributed by atoms with Crippen LogP contribution < -0.4 is 25.4 Å². The monoisotopic (exact) mass is 611 g/mol. The summed E-state index contributed by atoms with van der Waals surface area (Å²) in [7, 11) is 0. The Balaban J connectivity index is 1.32. The van der Waals surface area contributed by atoms with Crippen LogP contribution in [0.4, 0.5) is 14.9 Å². The fourth-order valence-corrected chi connectivity index (χ4v) is 6.13. The van der Waals surface area contributed by atoms with E-state index in [0.29, 0.717) is 35.2 Å². The number of nitrogens with one attached hydrogen (secondary N) is 3. The average Bonchev–Trinajstić information content (AvgIpc) is 3.54. The van der Waals surface area contributed by atoms with Gasteiger partial charge in [0, 0.05) is 23.6 Å². The first-order valence-electron chi connectivity index (χ1n) is 14.3. The highest BCUT2D eigenvalue weighted by Gasteiger charge is 2.40. The number of aromatic nitrogens is 1. The quantitative estimate of drug-likeness (QED) is 0.279. The normalized spacial score (nSPS) is 16.7. The number of urea groups is 1. The molecule has 2 aliphatic rings. The Morgan fingerprint density at radius 3 is 2.63 bits per heavy atom. The minimum Gasteiger partial charge on any atom is -0.493 e. The van der Waals surface area contributed by atoms with E-state index < -0.39 is 41.2 Å². The lowest BCUT2D eigenvalue weighted by Gasteiger charge is -2.29. The zero-order chi connectivity index (χ0) is 30.9. The van der Waals surface area contributed by atoms with Crippen LogP contribution in [0, 0.1) is 5.82 Å². The third-order valence-electron chi connectivity index (χ3n) is 7.23. The molecule has 13 heteroatoms. The summed E-state index contributed by atoms with van der Waals surface area (Å²) in [4.78, 5) is 55.9. The molecule has 0 spiro atoms. The molecule has 3 heterocycles. The molecule has 1 aromatic heterocycles. The number of hydrogen-bond donors (Lipinski definition) is 3. The Morgan fingerprint density at radius 1 is 1.16 bits per heavy atom. The number of anilines is 1. The molecule has 1 saturated heterocycles. The third kappa shape index (κ3) is 6.12. The second-order valence-electron chi connectivity index (χ2n) is 11.0. The van der Waals surface area contributed by atoms with Crippen LogP contribution in [-0.4, -0.2) is 52.9 Å². The highest BCUT2D eigenvalue weighted by molar-refractivity contribution is 7.18. The highest BCUT2D eigenvalue weighted by atomic mass is 32.1. The number of benzene rings is 2. The molecule has 1 fully saturated rings. The van der Waals surface area contributed by atoms with E-state index in [1.54, 1.807) is 13.8 Å². The Hall–Kier alpha value is -4.26. The molecule has 0 aliphatic carbocycles. The average molecular weight is 612 g/mol. The van der Waals surface area contributed by atoms with Crippen molar-refractivity contribution in [3.8, 4) is 11.5 Å². The SMILES string of the molecule is CCCOc1cc(OCCC)c2nc(C(C)(C)NC(=O)Nc3ccc4c(c3F)CN(C3CCC(=O)NC3=O)C4=O)sc2c1. The molecule has 43 heavy (non-hydrogen) atoms. The standard InChI is InChI=1S/C30H34FN5O6S/c1-5-11-41-16-13-21(42-12-6-2)25-22(14-16)43-28(34-25)30(3,4)35-29(40)32-19-8-7-17-18(24(19)31)15-36(27(17)39)20-9-10-23(37)33-26(20)38/h7-8,13-14,20H,5-6,9-12,15H2,1-4H3,(H2,32,35,40)(H,33,37,38). The maximum absolute atomic E-state index is 15.6. The Bertz CT molecular complexity index is 1610. The number of thiazole rings is 1. The minimum absolute atomic E-state index is 0.0821. The molecule has 1 atom stereocenters. The molecule has 11 nitrogen and oxygen atoms in total. The molecule has 2 aromatic carbocycles. The highest BCUT2D eigenvalue weighted by Crippen LogP contribution is 2.38. The van der Waals surface area contributed by atoms with Gasteiger partial charge in [-0.25, -0.2) is 14.2 Å². The molecule has 1 unspecified atom stereocenters. The molecular formula is C30H34FN5O6S. The fourth-order valence-electron chi connectivity index (χ4n) is 5.06. The Morgan fingerprint density at radius 2 is 1.91 bits per heavy atom. The van der Waals surface area contributed by atoms with Crippen molar-refractivity contribution < 1.29 is 33.0 Å². The van der Waals surface area contributed by atoms with Crippen molar-refractivity contribution in [2.24, 2.45) is 0 Å². The van der Waals surface area contributed by atoms with Gasteiger partial charge in [0.15, 0.2) is 5.82 Å². The van der Waals surface area contributed by atoms with E-state index in [-0.39, 0.29) is 36.2 Å². The van der Waals surface area contributed by atoms with Crippen LogP contribution in [0.5, 0.6) is 11.5 Å². The molecule has 3 N–H and O–H groups in total.